The molecule has 1 rings (SSSR count). The Balaban J connectivity index is 2.67. The number of alkyl halides is 3. The lowest BCUT2D eigenvalue weighted by atomic mass is 10.0. The summed E-state index contributed by atoms with van der Waals surface area (Å²) in [6.45, 7) is 1.78. The van der Waals surface area contributed by atoms with Crippen LogP contribution in [0.1, 0.15) is 30.9 Å². The van der Waals surface area contributed by atoms with Crippen molar-refractivity contribution in [2.24, 2.45) is 0 Å². The average molecular weight is 289 g/mol. The molecular formula is C14H18F3NO2. The fourth-order valence-electron chi connectivity index (χ4n) is 1.92. The smallest absolute Gasteiger partial charge is 0.396 e. The second-order valence-corrected chi connectivity index (χ2v) is 4.67. The molecule has 1 aromatic carbocycles. The standard InChI is InChI=1S/C14H18F3NO2/c1-10(5-4-8-19)18-13(20)9-11-6-2-3-7-12(11)14(15,16)17/h2-3,6-7,10,19H,4-5,8-9H2,1H3,(H,18,20). The van der Waals surface area contributed by atoms with Crippen LogP contribution in [0.5, 0.6) is 0 Å². The molecule has 0 heterocycles. The molecule has 0 saturated carbocycles. The first-order valence-corrected chi connectivity index (χ1v) is 6.40. The van der Waals surface area contributed by atoms with Gasteiger partial charge in [0.25, 0.3) is 0 Å². The molecule has 0 fully saturated rings. The van der Waals surface area contributed by atoms with Crippen molar-refractivity contribution in [2.45, 2.75) is 38.4 Å². The number of nitrogens with one attached hydrogen (secondary N) is 1. The Kier molecular flexibility index (Phi) is 6.01. The lowest BCUT2D eigenvalue weighted by Gasteiger charge is -2.15. The van der Waals surface area contributed by atoms with Crippen molar-refractivity contribution < 1.29 is 23.1 Å². The van der Waals surface area contributed by atoms with Gasteiger partial charge < -0.3 is 10.4 Å². The first-order valence-electron chi connectivity index (χ1n) is 6.40. The lowest BCUT2D eigenvalue weighted by molar-refractivity contribution is -0.138. The molecule has 20 heavy (non-hydrogen) atoms. The van der Waals surface area contributed by atoms with Gasteiger partial charge in [-0.1, -0.05) is 18.2 Å². The number of aliphatic hydroxyl groups is 1. The van der Waals surface area contributed by atoms with Crippen LogP contribution in [-0.2, 0) is 17.4 Å². The third kappa shape index (κ3) is 5.21. The van der Waals surface area contributed by atoms with Crippen molar-refractivity contribution in [3.05, 3.63) is 35.4 Å². The number of aliphatic hydroxyl groups excluding tert-OH is 1. The van der Waals surface area contributed by atoms with Crippen molar-refractivity contribution in [3.8, 4) is 0 Å². The van der Waals surface area contributed by atoms with E-state index in [-0.39, 0.29) is 24.6 Å². The highest BCUT2D eigenvalue weighted by atomic mass is 19.4. The van der Waals surface area contributed by atoms with Crippen molar-refractivity contribution in [2.75, 3.05) is 6.61 Å². The molecule has 3 nitrogen and oxygen atoms in total. The first-order chi connectivity index (χ1) is 9.34. The number of amides is 1. The van der Waals surface area contributed by atoms with Gasteiger partial charge in [0.05, 0.1) is 12.0 Å². The lowest BCUT2D eigenvalue weighted by Crippen LogP contribution is -2.34. The molecule has 1 atom stereocenters. The fraction of sp³-hybridized carbons (Fsp3) is 0.500. The van der Waals surface area contributed by atoms with E-state index in [9.17, 15) is 18.0 Å². The summed E-state index contributed by atoms with van der Waals surface area (Å²) >= 11 is 0. The van der Waals surface area contributed by atoms with Crippen LogP contribution in [-0.4, -0.2) is 23.7 Å². The molecule has 112 valence electrons. The van der Waals surface area contributed by atoms with Gasteiger partial charge in [0.15, 0.2) is 0 Å². The zero-order valence-electron chi connectivity index (χ0n) is 11.2. The maximum atomic E-state index is 12.8. The van der Waals surface area contributed by atoms with Crippen molar-refractivity contribution in [1.82, 2.24) is 5.32 Å². The minimum absolute atomic E-state index is 0.0249. The summed E-state index contributed by atoms with van der Waals surface area (Å²) in [5.41, 5.74) is -0.815. The molecule has 0 bridgehead atoms. The SMILES string of the molecule is CC(CCCO)NC(=O)Cc1ccccc1C(F)(F)F. The Morgan fingerprint density at radius 2 is 2.00 bits per heavy atom. The predicted octanol–water partition coefficient (Wildman–Crippen LogP) is 2.53. The fourth-order valence-corrected chi connectivity index (χ4v) is 1.92. The molecule has 2 N–H and O–H groups in total. The van der Waals surface area contributed by atoms with E-state index in [4.69, 9.17) is 5.11 Å². The summed E-state index contributed by atoms with van der Waals surface area (Å²) in [6.07, 6.45) is -3.64. The molecule has 0 saturated heterocycles. The first kappa shape index (κ1) is 16.5. The van der Waals surface area contributed by atoms with E-state index in [0.29, 0.717) is 12.8 Å². The maximum absolute atomic E-state index is 12.8. The third-order valence-electron chi connectivity index (χ3n) is 2.88. The molecule has 0 spiro atoms. The number of rotatable bonds is 6. The highest BCUT2D eigenvalue weighted by Gasteiger charge is 2.33. The highest BCUT2D eigenvalue weighted by molar-refractivity contribution is 5.79. The quantitative estimate of drug-likeness (QED) is 0.845. The summed E-state index contributed by atoms with van der Waals surface area (Å²) in [4.78, 5) is 11.7. The Labute approximate surface area is 115 Å². The van der Waals surface area contributed by atoms with Crippen LogP contribution in [0.25, 0.3) is 0 Å². The third-order valence-corrected chi connectivity index (χ3v) is 2.88. The van der Waals surface area contributed by atoms with Gasteiger partial charge in [-0.2, -0.15) is 13.2 Å². The second kappa shape index (κ2) is 7.28. The van der Waals surface area contributed by atoms with Gasteiger partial charge in [-0.3, -0.25) is 4.79 Å². The number of hydrogen-bond donors (Lipinski definition) is 2. The van der Waals surface area contributed by atoms with Crippen LogP contribution in [0, 0.1) is 0 Å². The number of carbonyl (C=O) groups excluding carboxylic acids is 1. The van der Waals surface area contributed by atoms with E-state index in [0.717, 1.165) is 6.07 Å². The molecular weight excluding hydrogens is 271 g/mol. The Morgan fingerprint density at radius 3 is 2.60 bits per heavy atom. The normalized spacial score (nSPS) is 13.1. The van der Waals surface area contributed by atoms with E-state index >= 15 is 0 Å². The monoisotopic (exact) mass is 289 g/mol. The van der Waals surface area contributed by atoms with E-state index in [1.54, 1.807) is 6.92 Å². The number of hydrogen-bond acceptors (Lipinski definition) is 2. The van der Waals surface area contributed by atoms with Crippen LogP contribution >= 0.6 is 0 Å². The van der Waals surface area contributed by atoms with Crippen molar-refractivity contribution in [3.63, 3.8) is 0 Å². The molecule has 0 radical (unpaired) electrons. The number of carbonyl (C=O) groups is 1. The number of halogens is 3. The van der Waals surface area contributed by atoms with Crippen LogP contribution < -0.4 is 5.32 Å². The van der Waals surface area contributed by atoms with E-state index in [2.05, 4.69) is 5.32 Å². The average Bonchev–Trinajstić information content (AvgIpc) is 2.35. The zero-order chi connectivity index (χ0) is 15.2. The van der Waals surface area contributed by atoms with Gasteiger partial charge in [-0.05, 0) is 31.4 Å². The predicted molar refractivity (Wildman–Crippen MR) is 69.1 cm³/mol. The summed E-state index contributed by atoms with van der Waals surface area (Å²) in [5.74, 6) is -0.452. The van der Waals surface area contributed by atoms with Gasteiger partial charge in [0.2, 0.25) is 5.91 Å². The maximum Gasteiger partial charge on any atom is 0.416 e. The summed E-state index contributed by atoms with van der Waals surface area (Å²) in [5, 5.41) is 11.3. The molecule has 0 aromatic heterocycles. The molecule has 1 aromatic rings. The van der Waals surface area contributed by atoms with Crippen LogP contribution in [0.3, 0.4) is 0 Å². The second-order valence-electron chi connectivity index (χ2n) is 4.67. The van der Waals surface area contributed by atoms with Gasteiger partial charge in [0.1, 0.15) is 0 Å². The topological polar surface area (TPSA) is 49.3 Å². The molecule has 6 heteroatoms. The summed E-state index contributed by atoms with van der Waals surface area (Å²) in [7, 11) is 0. The molecule has 1 amide bonds. The van der Waals surface area contributed by atoms with Gasteiger partial charge in [-0.25, -0.2) is 0 Å². The van der Waals surface area contributed by atoms with E-state index in [1.165, 1.54) is 18.2 Å². The molecule has 0 aliphatic heterocycles. The molecule has 0 aliphatic carbocycles. The van der Waals surface area contributed by atoms with E-state index in [1.807, 2.05) is 0 Å². The zero-order valence-corrected chi connectivity index (χ0v) is 11.2. The van der Waals surface area contributed by atoms with E-state index < -0.39 is 17.6 Å². The van der Waals surface area contributed by atoms with Crippen LogP contribution in [0.2, 0.25) is 0 Å². The van der Waals surface area contributed by atoms with Crippen molar-refractivity contribution in [1.29, 1.82) is 0 Å². The Hall–Kier alpha value is -1.56. The Morgan fingerprint density at radius 1 is 1.35 bits per heavy atom. The van der Waals surface area contributed by atoms with Gasteiger partial charge in [0, 0.05) is 12.6 Å². The Bertz CT molecular complexity index is 446. The molecule has 0 aliphatic rings. The minimum atomic E-state index is -4.46. The molecule has 1 unspecified atom stereocenters. The largest absolute Gasteiger partial charge is 0.416 e. The van der Waals surface area contributed by atoms with Crippen molar-refractivity contribution >= 4 is 5.91 Å². The highest BCUT2D eigenvalue weighted by Crippen LogP contribution is 2.31. The van der Waals surface area contributed by atoms with Gasteiger partial charge in [-0.15, -0.1) is 0 Å². The van der Waals surface area contributed by atoms with Crippen LogP contribution in [0.4, 0.5) is 13.2 Å². The summed E-state index contributed by atoms with van der Waals surface area (Å²) in [6, 6.07) is 4.88. The summed E-state index contributed by atoms with van der Waals surface area (Å²) < 4.78 is 38.3. The van der Waals surface area contributed by atoms with Crippen LogP contribution in [0.15, 0.2) is 24.3 Å². The van der Waals surface area contributed by atoms with Gasteiger partial charge >= 0.3 is 6.18 Å². The minimum Gasteiger partial charge on any atom is -0.396 e. The number of benzene rings is 1.